The molecule has 0 bridgehead atoms. The molecule has 2 aliphatic carbocycles. The highest BCUT2D eigenvalue weighted by Crippen LogP contribution is 2.38. The SMILES string of the molecule is CC1CCC(CNC(=O)N(C)C2CCC2)(C(=O)O)CC1. The number of nitrogens with one attached hydrogen (secondary N) is 1. The van der Waals surface area contributed by atoms with Gasteiger partial charge >= 0.3 is 12.0 Å². The van der Waals surface area contributed by atoms with Crippen LogP contribution in [0.25, 0.3) is 0 Å². The van der Waals surface area contributed by atoms with E-state index >= 15 is 0 Å². The van der Waals surface area contributed by atoms with Crippen molar-refractivity contribution in [3.05, 3.63) is 0 Å². The average Bonchev–Trinajstić information content (AvgIpc) is 2.35. The van der Waals surface area contributed by atoms with Crippen LogP contribution in [0.15, 0.2) is 0 Å². The number of aliphatic carboxylic acids is 1. The van der Waals surface area contributed by atoms with E-state index < -0.39 is 11.4 Å². The summed E-state index contributed by atoms with van der Waals surface area (Å²) in [5, 5.41) is 12.4. The Morgan fingerprint density at radius 1 is 1.25 bits per heavy atom. The molecule has 0 aromatic rings. The van der Waals surface area contributed by atoms with Gasteiger partial charge in [0.2, 0.25) is 0 Å². The molecule has 5 nitrogen and oxygen atoms in total. The van der Waals surface area contributed by atoms with Crippen LogP contribution in [0.2, 0.25) is 0 Å². The van der Waals surface area contributed by atoms with Crippen molar-refractivity contribution in [2.24, 2.45) is 11.3 Å². The molecule has 0 aliphatic heterocycles. The zero-order valence-corrected chi connectivity index (χ0v) is 12.5. The number of hydrogen-bond donors (Lipinski definition) is 2. The summed E-state index contributed by atoms with van der Waals surface area (Å²) in [5.74, 6) is -0.174. The Kier molecular flexibility index (Phi) is 4.55. The van der Waals surface area contributed by atoms with Gasteiger partial charge in [-0.1, -0.05) is 6.92 Å². The van der Waals surface area contributed by atoms with Gasteiger partial charge in [0.05, 0.1) is 5.41 Å². The van der Waals surface area contributed by atoms with Crippen LogP contribution in [-0.4, -0.2) is 41.6 Å². The maximum Gasteiger partial charge on any atom is 0.317 e. The molecule has 0 unspecified atom stereocenters. The topological polar surface area (TPSA) is 69.6 Å². The Balaban J connectivity index is 1.89. The fourth-order valence-electron chi connectivity index (χ4n) is 3.09. The summed E-state index contributed by atoms with van der Waals surface area (Å²) < 4.78 is 0. The van der Waals surface area contributed by atoms with Crippen molar-refractivity contribution in [1.82, 2.24) is 10.2 Å². The summed E-state index contributed by atoms with van der Waals surface area (Å²) in [7, 11) is 1.80. The first-order valence-electron chi connectivity index (χ1n) is 7.69. The van der Waals surface area contributed by atoms with Gasteiger partial charge in [-0.2, -0.15) is 0 Å². The van der Waals surface area contributed by atoms with E-state index in [0.717, 1.165) is 25.7 Å². The van der Waals surface area contributed by atoms with Crippen molar-refractivity contribution in [3.8, 4) is 0 Å². The number of hydrogen-bond acceptors (Lipinski definition) is 2. The number of carbonyl (C=O) groups is 2. The molecule has 2 aliphatic rings. The minimum absolute atomic E-state index is 0.131. The zero-order chi connectivity index (χ0) is 14.8. The second-order valence-corrected chi connectivity index (χ2v) is 6.62. The molecule has 5 heteroatoms. The van der Waals surface area contributed by atoms with E-state index in [2.05, 4.69) is 12.2 Å². The highest BCUT2D eigenvalue weighted by Gasteiger charge is 2.41. The van der Waals surface area contributed by atoms with Crippen LogP contribution in [0.3, 0.4) is 0 Å². The van der Waals surface area contributed by atoms with Crippen molar-refractivity contribution in [1.29, 1.82) is 0 Å². The number of carboxylic acids is 1. The molecule has 2 amide bonds. The third-order valence-electron chi connectivity index (χ3n) is 5.21. The molecule has 114 valence electrons. The van der Waals surface area contributed by atoms with Crippen LogP contribution < -0.4 is 5.32 Å². The first-order valence-corrected chi connectivity index (χ1v) is 7.69. The fourth-order valence-corrected chi connectivity index (χ4v) is 3.09. The maximum absolute atomic E-state index is 12.1. The number of nitrogens with zero attached hydrogens (tertiary/aromatic N) is 1. The van der Waals surface area contributed by atoms with E-state index in [4.69, 9.17) is 0 Å². The lowest BCUT2D eigenvalue weighted by Crippen LogP contribution is -2.51. The second kappa shape index (κ2) is 6.02. The second-order valence-electron chi connectivity index (χ2n) is 6.62. The maximum atomic E-state index is 12.1. The van der Waals surface area contributed by atoms with Gasteiger partial charge in [-0.05, 0) is 50.9 Å². The molecule has 2 saturated carbocycles. The quantitative estimate of drug-likeness (QED) is 0.832. The van der Waals surface area contributed by atoms with E-state index in [0.29, 0.717) is 24.8 Å². The van der Waals surface area contributed by atoms with Crippen molar-refractivity contribution in [2.45, 2.75) is 57.9 Å². The Bertz CT molecular complexity index is 371. The van der Waals surface area contributed by atoms with Crippen LogP contribution in [0.5, 0.6) is 0 Å². The number of carbonyl (C=O) groups excluding carboxylic acids is 1. The first-order chi connectivity index (χ1) is 9.44. The average molecular weight is 282 g/mol. The Labute approximate surface area is 120 Å². The van der Waals surface area contributed by atoms with Gasteiger partial charge < -0.3 is 15.3 Å². The Morgan fingerprint density at radius 3 is 2.30 bits per heavy atom. The van der Waals surface area contributed by atoms with E-state index in [1.165, 1.54) is 6.42 Å². The third kappa shape index (κ3) is 3.07. The van der Waals surface area contributed by atoms with E-state index in [1.807, 2.05) is 0 Å². The minimum atomic E-state index is -0.768. The Hall–Kier alpha value is -1.26. The predicted molar refractivity (Wildman–Crippen MR) is 76.5 cm³/mol. The molecular weight excluding hydrogens is 256 g/mol. The van der Waals surface area contributed by atoms with Crippen molar-refractivity contribution >= 4 is 12.0 Å². The van der Waals surface area contributed by atoms with Crippen LogP contribution in [0.4, 0.5) is 4.79 Å². The van der Waals surface area contributed by atoms with Gasteiger partial charge in [-0.25, -0.2) is 4.79 Å². The number of carboxylic acid groups (broad SMARTS) is 1. The van der Waals surface area contributed by atoms with Gasteiger partial charge in [0.1, 0.15) is 0 Å². The lowest BCUT2D eigenvalue weighted by atomic mass is 9.71. The van der Waals surface area contributed by atoms with Crippen LogP contribution in [0, 0.1) is 11.3 Å². The molecular formula is C15H26N2O3. The predicted octanol–water partition coefficient (Wildman–Crippen LogP) is 2.46. The van der Waals surface area contributed by atoms with E-state index in [9.17, 15) is 14.7 Å². The van der Waals surface area contributed by atoms with Crippen molar-refractivity contribution in [3.63, 3.8) is 0 Å². The van der Waals surface area contributed by atoms with E-state index in [-0.39, 0.29) is 12.6 Å². The summed E-state index contributed by atoms with van der Waals surface area (Å²) in [6.07, 6.45) is 6.49. The normalized spacial score (nSPS) is 30.4. The van der Waals surface area contributed by atoms with Crippen LogP contribution >= 0.6 is 0 Å². The third-order valence-corrected chi connectivity index (χ3v) is 5.21. The van der Waals surface area contributed by atoms with Gasteiger partial charge in [-0.15, -0.1) is 0 Å². The monoisotopic (exact) mass is 282 g/mol. The number of amides is 2. The molecule has 0 radical (unpaired) electrons. The summed E-state index contributed by atoms with van der Waals surface area (Å²) in [4.78, 5) is 25.4. The van der Waals surface area contributed by atoms with Gasteiger partial charge in [0.25, 0.3) is 0 Å². The molecule has 0 saturated heterocycles. The zero-order valence-electron chi connectivity index (χ0n) is 12.5. The summed E-state index contributed by atoms with van der Waals surface area (Å²) >= 11 is 0. The van der Waals surface area contributed by atoms with Gasteiger partial charge in [-0.3, -0.25) is 4.79 Å². The summed E-state index contributed by atoms with van der Waals surface area (Å²) in [6.45, 7) is 2.42. The molecule has 2 rings (SSSR count). The van der Waals surface area contributed by atoms with Gasteiger partial charge in [0.15, 0.2) is 0 Å². The van der Waals surface area contributed by atoms with Gasteiger partial charge in [0, 0.05) is 19.6 Å². The number of urea groups is 1. The first kappa shape index (κ1) is 15.1. The van der Waals surface area contributed by atoms with Crippen LogP contribution in [0.1, 0.15) is 51.9 Å². The largest absolute Gasteiger partial charge is 0.481 e. The molecule has 2 fully saturated rings. The fraction of sp³-hybridized carbons (Fsp3) is 0.867. The molecule has 20 heavy (non-hydrogen) atoms. The highest BCUT2D eigenvalue weighted by atomic mass is 16.4. The van der Waals surface area contributed by atoms with Crippen LogP contribution in [-0.2, 0) is 4.79 Å². The highest BCUT2D eigenvalue weighted by molar-refractivity contribution is 5.78. The molecule has 0 atom stereocenters. The molecule has 2 N–H and O–H groups in total. The van der Waals surface area contributed by atoms with Crippen molar-refractivity contribution in [2.75, 3.05) is 13.6 Å². The molecule has 0 spiro atoms. The lowest BCUT2D eigenvalue weighted by molar-refractivity contribution is -0.151. The van der Waals surface area contributed by atoms with E-state index in [1.54, 1.807) is 11.9 Å². The minimum Gasteiger partial charge on any atom is -0.481 e. The summed E-state index contributed by atoms with van der Waals surface area (Å²) in [5.41, 5.74) is -0.761. The lowest BCUT2D eigenvalue weighted by Gasteiger charge is -2.38. The molecule has 0 heterocycles. The summed E-state index contributed by atoms with van der Waals surface area (Å²) in [6, 6.07) is 0.205. The van der Waals surface area contributed by atoms with Crippen molar-refractivity contribution < 1.29 is 14.7 Å². The molecule has 0 aromatic carbocycles. The Morgan fingerprint density at radius 2 is 1.85 bits per heavy atom. The smallest absolute Gasteiger partial charge is 0.317 e. The number of rotatable bonds is 4. The standard InChI is InChI=1S/C15H26N2O3/c1-11-6-8-15(9-7-11,13(18)19)10-16-14(20)17(2)12-4-3-5-12/h11-12H,3-10H2,1-2H3,(H,16,20)(H,18,19). The molecule has 0 aromatic heterocycles.